The molecule has 0 atom stereocenters. The minimum absolute atomic E-state index is 0.0677. The van der Waals surface area contributed by atoms with Crippen molar-refractivity contribution in [2.45, 2.75) is 0 Å². The Morgan fingerprint density at radius 3 is 2.80 bits per heavy atom. The summed E-state index contributed by atoms with van der Waals surface area (Å²) in [4.78, 5) is 14.3. The molecular weight excluding hydrogens is 216 g/mol. The van der Waals surface area contributed by atoms with Crippen molar-refractivity contribution in [3.8, 4) is 0 Å². The van der Waals surface area contributed by atoms with Crippen LogP contribution in [0.1, 0.15) is 0 Å². The van der Waals surface area contributed by atoms with E-state index >= 15 is 0 Å². The van der Waals surface area contributed by atoms with Crippen molar-refractivity contribution in [2.24, 2.45) is 0 Å². The first-order valence-corrected chi connectivity index (χ1v) is 5.03. The predicted octanol–water partition coefficient (Wildman–Crippen LogP) is -0.432. The van der Waals surface area contributed by atoms with E-state index in [4.69, 9.17) is 22.1 Å². The fourth-order valence-corrected chi connectivity index (χ4v) is 1.62. The number of hydrogen-bond donors (Lipinski definition) is 1. The topological polar surface area (TPSA) is 53.0 Å². The Bertz CT molecular complexity index is 270. The highest BCUT2D eigenvalue weighted by Gasteiger charge is 2.23. The van der Waals surface area contributed by atoms with Crippen LogP contribution in [-0.4, -0.2) is 59.0 Å². The lowest BCUT2D eigenvalue weighted by Crippen LogP contribution is -2.34. The van der Waals surface area contributed by atoms with Crippen molar-refractivity contribution in [2.75, 3.05) is 33.0 Å². The van der Waals surface area contributed by atoms with Gasteiger partial charge in [-0.1, -0.05) is 6.58 Å². The standard InChI is InChI=1S/C9H14N2O3S/c1-2-8(13)14-6-5-10-3-4-11(7-12)9(10)15/h2,12H,1,3-7H2. The van der Waals surface area contributed by atoms with E-state index < -0.39 is 5.97 Å². The minimum atomic E-state index is -0.431. The van der Waals surface area contributed by atoms with Crippen LogP contribution in [0.2, 0.25) is 0 Å². The Morgan fingerprint density at radius 2 is 2.27 bits per heavy atom. The molecule has 5 nitrogen and oxygen atoms in total. The summed E-state index contributed by atoms with van der Waals surface area (Å²) in [7, 11) is 0. The summed E-state index contributed by atoms with van der Waals surface area (Å²) >= 11 is 5.10. The van der Waals surface area contributed by atoms with Crippen LogP contribution in [-0.2, 0) is 9.53 Å². The monoisotopic (exact) mass is 230 g/mol. The molecule has 0 aromatic rings. The van der Waals surface area contributed by atoms with Crippen LogP contribution in [0.4, 0.5) is 0 Å². The molecule has 1 N–H and O–H groups in total. The summed E-state index contributed by atoms with van der Waals surface area (Å²) in [6, 6.07) is 0. The highest BCUT2D eigenvalue weighted by molar-refractivity contribution is 7.80. The molecule has 0 amide bonds. The fourth-order valence-electron chi connectivity index (χ4n) is 1.29. The molecule has 1 aliphatic rings. The number of carbonyl (C=O) groups is 1. The molecule has 1 fully saturated rings. The quantitative estimate of drug-likeness (QED) is 0.393. The number of nitrogens with zero attached hydrogens (tertiary/aromatic N) is 2. The zero-order valence-corrected chi connectivity index (χ0v) is 9.20. The predicted molar refractivity (Wildman–Crippen MR) is 59.1 cm³/mol. The molecular formula is C9H14N2O3S. The lowest BCUT2D eigenvalue weighted by Gasteiger charge is -2.19. The second-order valence-corrected chi connectivity index (χ2v) is 3.41. The third-order valence-electron chi connectivity index (χ3n) is 2.12. The van der Waals surface area contributed by atoms with Gasteiger partial charge in [0.15, 0.2) is 5.11 Å². The average molecular weight is 230 g/mol. The molecule has 0 radical (unpaired) electrons. The molecule has 84 valence electrons. The summed E-state index contributed by atoms with van der Waals surface area (Å²) in [5.74, 6) is -0.431. The van der Waals surface area contributed by atoms with Gasteiger partial charge in [-0.05, 0) is 12.2 Å². The van der Waals surface area contributed by atoms with Crippen molar-refractivity contribution in [3.05, 3.63) is 12.7 Å². The SMILES string of the molecule is C=CC(=O)OCCN1CCN(CO)C1=S. The van der Waals surface area contributed by atoms with Crippen molar-refractivity contribution in [3.63, 3.8) is 0 Å². The zero-order chi connectivity index (χ0) is 11.3. The number of esters is 1. The highest BCUT2D eigenvalue weighted by Crippen LogP contribution is 2.07. The number of carbonyl (C=O) groups excluding carboxylic acids is 1. The summed E-state index contributed by atoms with van der Waals surface area (Å²) in [6.45, 7) is 5.53. The van der Waals surface area contributed by atoms with Crippen molar-refractivity contribution < 1.29 is 14.6 Å². The zero-order valence-electron chi connectivity index (χ0n) is 8.39. The van der Waals surface area contributed by atoms with E-state index in [1.165, 1.54) is 0 Å². The molecule has 0 bridgehead atoms. The van der Waals surface area contributed by atoms with Crippen LogP contribution in [0.3, 0.4) is 0 Å². The van der Waals surface area contributed by atoms with Crippen LogP contribution in [0.15, 0.2) is 12.7 Å². The first-order valence-electron chi connectivity index (χ1n) is 4.63. The molecule has 0 aromatic heterocycles. The molecule has 6 heteroatoms. The Labute approximate surface area is 93.9 Å². The largest absolute Gasteiger partial charge is 0.461 e. The van der Waals surface area contributed by atoms with Crippen LogP contribution in [0.5, 0.6) is 0 Å². The van der Waals surface area contributed by atoms with Gasteiger partial charge in [-0.25, -0.2) is 4.79 Å². The van der Waals surface area contributed by atoms with Gasteiger partial charge in [-0.15, -0.1) is 0 Å². The van der Waals surface area contributed by atoms with Crippen LogP contribution in [0.25, 0.3) is 0 Å². The molecule has 0 aliphatic carbocycles. The second-order valence-electron chi connectivity index (χ2n) is 3.05. The summed E-state index contributed by atoms with van der Waals surface area (Å²) < 4.78 is 4.83. The molecule has 15 heavy (non-hydrogen) atoms. The molecule has 1 saturated heterocycles. The van der Waals surface area contributed by atoms with Gasteiger partial charge in [-0.3, -0.25) is 0 Å². The van der Waals surface area contributed by atoms with E-state index in [0.717, 1.165) is 12.6 Å². The molecule has 0 saturated carbocycles. The van der Waals surface area contributed by atoms with Crippen LogP contribution in [0, 0.1) is 0 Å². The Balaban J connectivity index is 2.26. The maximum atomic E-state index is 10.7. The molecule has 1 rings (SSSR count). The van der Waals surface area contributed by atoms with Gasteiger partial charge >= 0.3 is 5.97 Å². The van der Waals surface area contributed by atoms with Gasteiger partial charge in [0.05, 0.1) is 6.54 Å². The maximum Gasteiger partial charge on any atom is 0.330 e. The lowest BCUT2D eigenvalue weighted by molar-refractivity contribution is -0.137. The van der Waals surface area contributed by atoms with Crippen molar-refractivity contribution in [1.29, 1.82) is 0 Å². The van der Waals surface area contributed by atoms with E-state index in [1.54, 1.807) is 4.90 Å². The number of ether oxygens (including phenoxy) is 1. The summed E-state index contributed by atoms with van der Waals surface area (Å²) in [5.41, 5.74) is 0. The summed E-state index contributed by atoms with van der Waals surface area (Å²) in [6.07, 6.45) is 1.13. The van der Waals surface area contributed by atoms with E-state index in [9.17, 15) is 4.79 Å². The molecule has 0 spiro atoms. The molecule has 1 heterocycles. The number of rotatable bonds is 5. The fraction of sp³-hybridized carbons (Fsp3) is 0.556. The van der Waals surface area contributed by atoms with Gasteiger partial charge < -0.3 is 19.6 Å². The third kappa shape index (κ3) is 3.17. The van der Waals surface area contributed by atoms with Crippen LogP contribution < -0.4 is 0 Å². The third-order valence-corrected chi connectivity index (χ3v) is 2.64. The van der Waals surface area contributed by atoms with E-state index in [1.807, 2.05) is 4.90 Å². The first-order chi connectivity index (χ1) is 7.19. The number of aliphatic hydroxyl groups is 1. The van der Waals surface area contributed by atoms with Gasteiger partial charge in [0.1, 0.15) is 13.3 Å². The van der Waals surface area contributed by atoms with Gasteiger partial charge in [0, 0.05) is 19.2 Å². The van der Waals surface area contributed by atoms with E-state index in [0.29, 0.717) is 18.2 Å². The smallest absolute Gasteiger partial charge is 0.330 e. The Hall–Kier alpha value is -1.14. The highest BCUT2D eigenvalue weighted by atomic mass is 32.1. The molecule has 1 aliphatic heterocycles. The normalized spacial score (nSPS) is 15.7. The van der Waals surface area contributed by atoms with Gasteiger partial charge in [0.25, 0.3) is 0 Å². The number of thiocarbonyl (C=S) groups is 1. The number of aliphatic hydroxyl groups excluding tert-OH is 1. The maximum absolute atomic E-state index is 10.7. The summed E-state index contributed by atoms with van der Waals surface area (Å²) in [5, 5.41) is 9.52. The lowest BCUT2D eigenvalue weighted by atomic mass is 10.5. The van der Waals surface area contributed by atoms with Gasteiger partial charge in [-0.2, -0.15) is 0 Å². The first kappa shape index (κ1) is 11.9. The minimum Gasteiger partial charge on any atom is -0.461 e. The van der Waals surface area contributed by atoms with Crippen molar-refractivity contribution >= 4 is 23.3 Å². The Kier molecular flexibility index (Phi) is 4.51. The van der Waals surface area contributed by atoms with E-state index in [-0.39, 0.29) is 13.3 Å². The Morgan fingerprint density at radius 1 is 1.60 bits per heavy atom. The number of hydrogen-bond acceptors (Lipinski definition) is 4. The molecule has 0 aromatic carbocycles. The van der Waals surface area contributed by atoms with Crippen LogP contribution >= 0.6 is 12.2 Å². The average Bonchev–Trinajstić information content (AvgIpc) is 2.60. The van der Waals surface area contributed by atoms with Gasteiger partial charge in [0.2, 0.25) is 0 Å². The molecule has 0 unspecified atom stereocenters. The second kappa shape index (κ2) is 5.67. The van der Waals surface area contributed by atoms with Crippen molar-refractivity contribution in [1.82, 2.24) is 9.80 Å². The van der Waals surface area contributed by atoms with E-state index in [2.05, 4.69) is 6.58 Å².